The van der Waals surface area contributed by atoms with E-state index in [4.69, 9.17) is 18.9 Å². The van der Waals surface area contributed by atoms with Crippen molar-refractivity contribution < 1.29 is 42.9 Å². The minimum atomic E-state index is -1.63. The SMILES string of the molecule is CC/C=C\C/C=C\C/C=C\C/C=C\C/C=C\C/C=C\C/C=C\C/C=C\C/C=C\CCCCCCCCCCCC(=O)OC(COC(=O)CCCCCCCCCCCCCCCCCCCCC/C=C\CCCCCCCCCC)COC(OCC[N+](C)(C)C)C(=O)[O-]. The Bertz CT molecular complexity index is 1950. The summed E-state index contributed by atoms with van der Waals surface area (Å²) in [5.74, 6) is -2.28. The molecular formula is C84H145NO8. The molecule has 0 saturated carbocycles. The van der Waals surface area contributed by atoms with Crippen molar-refractivity contribution in [3.8, 4) is 0 Å². The monoisotopic (exact) mass is 1300 g/mol. The number of ether oxygens (including phenoxy) is 4. The number of allylic oxidation sites excluding steroid dienone is 20. The summed E-state index contributed by atoms with van der Waals surface area (Å²) in [6.07, 6.45) is 102. The van der Waals surface area contributed by atoms with E-state index in [1.54, 1.807) is 0 Å². The standard InChI is InChI=1S/C84H145NO8/c1-6-8-10-12-14-16-18-20-22-24-26-28-30-32-34-36-38-39-40-41-42-43-45-47-49-51-53-55-57-59-61-63-65-67-69-71-73-75-82(87)93-80(79-92-84(83(88)89)90-77-76-85(3,4)5)78-91-81(86)74-72-70-68-66-64-62-60-58-56-54-52-50-48-46-44-37-35-33-31-29-27-25-23-21-19-17-15-13-11-9-7-2/h8,10,14,16,20,22,25-28,32,34,38-39,41-42,45,47,51,53,80,84H,6-7,9,11-13,15,17-19,21,23-24,29-31,33,35-37,40,43-44,46,48-50,52,54-79H2,1-5H3/b10-8-,16-14-,22-20-,27-25-,28-26-,34-32-,39-38-,42-41-,47-45-,53-51-. The van der Waals surface area contributed by atoms with Crippen molar-refractivity contribution in [1.82, 2.24) is 0 Å². The second-order valence-corrected chi connectivity index (χ2v) is 26.9. The fourth-order valence-corrected chi connectivity index (χ4v) is 10.8. The van der Waals surface area contributed by atoms with Gasteiger partial charge >= 0.3 is 11.9 Å². The number of unbranched alkanes of at least 4 members (excludes halogenated alkanes) is 36. The van der Waals surface area contributed by atoms with Crippen molar-refractivity contribution in [2.24, 2.45) is 0 Å². The highest BCUT2D eigenvalue weighted by molar-refractivity contribution is 5.70. The molecule has 0 fully saturated rings. The molecule has 0 rings (SSSR count). The number of carboxylic acid groups (broad SMARTS) is 1. The third kappa shape index (κ3) is 74.9. The first-order chi connectivity index (χ1) is 45.6. The van der Waals surface area contributed by atoms with Crippen molar-refractivity contribution in [1.29, 1.82) is 0 Å². The van der Waals surface area contributed by atoms with Gasteiger partial charge in [0.15, 0.2) is 12.4 Å². The van der Waals surface area contributed by atoms with Gasteiger partial charge in [-0.1, -0.05) is 334 Å². The highest BCUT2D eigenvalue weighted by Crippen LogP contribution is 2.18. The lowest BCUT2D eigenvalue weighted by Crippen LogP contribution is -2.44. The maximum atomic E-state index is 13.0. The Labute approximate surface area is 574 Å². The molecule has 2 unspecified atom stereocenters. The van der Waals surface area contributed by atoms with E-state index in [1.165, 1.54) is 199 Å². The minimum Gasteiger partial charge on any atom is -0.545 e. The highest BCUT2D eigenvalue weighted by Gasteiger charge is 2.22. The molecule has 9 nitrogen and oxygen atoms in total. The van der Waals surface area contributed by atoms with Crippen LogP contribution in [0.2, 0.25) is 0 Å². The Hall–Kier alpha value is -4.31. The molecule has 0 aromatic rings. The number of carbonyl (C=O) groups excluding carboxylic acids is 3. The van der Waals surface area contributed by atoms with Gasteiger partial charge < -0.3 is 33.3 Å². The Morgan fingerprint density at radius 3 is 0.925 bits per heavy atom. The molecule has 0 N–H and O–H groups in total. The van der Waals surface area contributed by atoms with Crippen LogP contribution in [0.4, 0.5) is 0 Å². The van der Waals surface area contributed by atoms with Crippen molar-refractivity contribution in [3.63, 3.8) is 0 Å². The summed E-state index contributed by atoms with van der Waals surface area (Å²) in [7, 11) is 5.93. The molecular weight excluding hydrogens is 1150 g/mol. The van der Waals surface area contributed by atoms with E-state index in [2.05, 4.69) is 135 Å². The molecule has 2 atom stereocenters. The van der Waals surface area contributed by atoms with Crippen LogP contribution in [-0.4, -0.2) is 82.3 Å². The zero-order valence-electron chi connectivity index (χ0n) is 61.1. The molecule has 0 heterocycles. The number of hydrogen-bond acceptors (Lipinski definition) is 8. The highest BCUT2D eigenvalue weighted by atomic mass is 16.7. The first kappa shape index (κ1) is 88.7. The number of rotatable bonds is 71. The largest absolute Gasteiger partial charge is 0.545 e. The van der Waals surface area contributed by atoms with Crippen molar-refractivity contribution >= 4 is 17.9 Å². The molecule has 0 amide bonds. The summed E-state index contributed by atoms with van der Waals surface area (Å²) < 4.78 is 22.8. The summed E-state index contributed by atoms with van der Waals surface area (Å²) in [6, 6.07) is 0. The first-order valence-electron chi connectivity index (χ1n) is 38.7. The number of nitrogens with zero attached hydrogens (tertiary/aromatic N) is 1. The molecule has 0 radical (unpaired) electrons. The van der Waals surface area contributed by atoms with Crippen LogP contribution in [0.3, 0.4) is 0 Å². The van der Waals surface area contributed by atoms with Gasteiger partial charge in [-0.15, -0.1) is 0 Å². The molecule has 0 aliphatic rings. The van der Waals surface area contributed by atoms with Gasteiger partial charge in [-0.3, -0.25) is 9.59 Å². The Kier molecular flexibility index (Phi) is 70.1. The van der Waals surface area contributed by atoms with Gasteiger partial charge in [0.1, 0.15) is 13.2 Å². The van der Waals surface area contributed by atoms with Gasteiger partial charge in [0, 0.05) is 12.8 Å². The first-order valence-corrected chi connectivity index (χ1v) is 38.7. The van der Waals surface area contributed by atoms with Gasteiger partial charge in [-0.25, -0.2) is 0 Å². The van der Waals surface area contributed by atoms with Crippen LogP contribution >= 0.6 is 0 Å². The van der Waals surface area contributed by atoms with Gasteiger partial charge in [-0.05, 0) is 109 Å². The van der Waals surface area contributed by atoms with Gasteiger partial charge in [0.05, 0.1) is 40.3 Å². The summed E-state index contributed by atoms with van der Waals surface area (Å²) in [5, 5.41) is 11.9. The summed E-state index contributed by atoms with van der Waals surface area (Å²) in [6.45, 7) is 4.66. The van der Waals surface area contributed by atoms with E-state index in [9.17, 15) is 19.5 Å². The fraction of sp³-hybridized carbons (Fsp3) is 0.726. The Balaban J connectivity index is 4.10. The minimum absolute atomic E-state index is 0.143. The molecule has 0 spiro atoms. The third-order valence-corrected chi connectivity index (χ3v) is 16.7. The second kappa shape index (κ2) is 73.5. The van der Waals surface area contributed by atoms with E-state index in [1.807, 2.05) is 21.1 Å². The predicted molar refractivity (Wildman–Crippen MR) is 398 cm³/mol. The summed E-state index contributed by atoms with van der Waals surface area (Å²) >= 11 is 0. The molecule has 0 aromatic carbocycles. The number of quaternary nitrogens is 1. The Morgan fingerprint density at radius 2 is 0.613 bits per heavy atom. The number of hydrogen-bond donors (Lipinski definition) is 0. The van der Waals surface area contributed by atoms with E-state index in [0.717, 1.165) is 103 Å². The maximum Gasteiger partial charge on any atom is 0.306 e. The average Bonchev–Trinajstić information content (AvgIpc) is 3.73. The lowest BCUT2D eigenvalue weighted by molar-refractivity contribution is -0.870. The molecule has 0 aliphatic carbocycles. The Morgan fingerprint density at radius 1 is 0.333 bits per heavy atom. The van der Waals surface area contributed by atoms with Crippen LogP contribution in [0.1, 0.15) is 335 Å². The van der Waals surface area contributed by atoms with Crippen LogP contribution in [0.5, 0.6) is 0 Å². The van der Waals surface area contributed by atoms with E-state index < -0.39 is 24.3 Å². The molecule has 9 heteroatoms. The zero-order valence-corrected chi connectivity index (χ0v) is 61.1. The van der Waals surface area contributed by atoms with Gasteiger partial charge in [0.25, 0.3) is 0 Å². The number of esters is 2. The van der Waals surface area contributed by atoms with Crippen LogP contribution in [0.25, 0.3) is 0 Å². The lowest BCUT2D eigenvalue weighted by Gasteiger charge is -2.26. The number of carbonyl (C=O) groups is 3. The zero-order chi connectivity index (χ0) is 67.5. The summed E-state index contributed by atoms with van der Waals surface area (Å²) in [5.41, 5.74) is 0. The van der Waals surface area contributed by atoms with Crippen LogP contribution in [0.15, 0.2) is 122 Å². The van der Waals surface area contributed by atoms with Gasteiger partial charge in [-0.2, -0.15) is 0 Å². The fourth-order valence-electron chi connectivity index (χ4n) is 10.8. The number of likely N-dealkylation sites (N-methyl/N-ethyl adjacent to an activating group) is 1. The molecule has 534 valence electrons. The average molecular weight is 1300 g/mol. The van der Waals surface area contributed by atoms with E-state index in [-0.39, 0.29) is 38.6 Å². The number of aliphatic carboxylic acids is 1. The van der Waals surface area contributed by atoms with Crippen LogP contribution in [-0.2, 0) is 33.3 Å². The van der Waals surface area contributed by atoms with E-state index in [0.29, 0.717) is 17.4 Å². The second-order valence-electron chi connectivity index (χ2n) is 26.9. The maximum absolute atomic E-state index is 13.0. The van der Waals surface area contributed by atoms with Crippen molar-refractivity contribution in [2.75, 3.05) is 47.5 Å². The molecule has 0 saturated heterocycles. The van der Waals surface area contributed by atoms with Crippen LogP contribution in [0, 0.1) is 0 Å². The lowest BCUT2D eigenvalue weighted by atomic mass is 10.0. The van der Waals surface area contributed by atoms with E-state index >= 15 is 0 Å². The molecule has 0 aliphatic heterocycles. The summed E-state index contributed by atoms with van der Waals surface area (Å²) in [4.78, 5) is 37.6. The third-order valence-electron chi connectivity index (χ3n) is 16.7. The number of carboxylic acids is 1. The smallest absolute Gasteiger partial charge is 0.306 e. The van der Waals surface area contributed by atoms with Crippen LogP contribution < -0.4 is 5.11 Å². The van der Waals surface area contributed by atoms with Crippen molar-refractivity contribution in [2.45, 2.75) is 347 Å². The topological polar surface area (TPSA) is 111 Å². The molecule has 93 heavy (non-hydrogen) atoms. The normalized spacial score (nSPS) is 13.3. The quantitative estimate of drug-likeness (QED) is 0.0195. The molecule has 0 aromatic heterocycles. The van der Waals surface area contributed by atoms with Gasteiger partial charge in [0.2, 0.25) is 0 Å². The predicted octanol–water partition coefficient (Wildman–Crippen LogP) is 23.4. The van der Waals surface area contributed by atoms with Crippen molar-refractivity contribution in [3.05, 3.63) is 122 Å². The molecule has 0 bridgehead atoms.